The van der Waals surface area contributed by atoms with Gasteiger partial charge >= 0.3 is 0 Å². The molecule has 8 rings (SSSR count). The lowest BCUT2D eigenvalue weighted by molar-refractivity contribution is -0.696. The summed E-state index contributed by atoms with van der Waals surface area (Å²) in [5.41, 5.74) is 8.08. The number of nitrogens with zero attached hydrogens (tertiary/aromatic N) is 6. The molecule has 0 spiro atoms. The van der Waals surface area contributed by atoms with E-state index in [1.807, 2.05) is 53.6 Å². The van der Waals surface area contributed by atoms with Gasteiger partial charge in [-0.1, -0.05) is 34.6 Å². The zero-order valence-electron chi connectivity index (χ0n) is 37.4. The van der Waals surface area contributed by atoms with E-state index >= 15 is 0 Å². The van der Waals surface area contributed by atoms with Crippen LogP contribution in [0, 0.1) is 35.3 Å². The van der Waals surface area contributed by atoms with Gasteiger partial charge in [0.1, 0.15) is 11.6 Å². The molecular weight excluding hydrogens is 817 g/mol. The molecule has 0 amide bonds. The minimum atomic E-state index is -0.280. The number of benzene rings is 3. The molecular formula is C54H58F2N7O2+. The first kappa shape index (κ1) is 46.5. The lowest BCUT2D eigenvalue weighted by Gasteiger charge is -2.30. The van der Waals surface area contributed by atoms with Gasteiger partial charge in [-0.2, -0.15) is 5.01 Å². The highest BCUT2D eigenvalue weighted by atomic mass is 19.1. The Balaban J connectivity index is 0.000000194. The van der Waals surface area contributed by atoms with Crippen molar-refractivity contribution in [3.63, 3.8) is 0 Å². The smallest absolute Gasteiger partial charge is 0.287 e. The van der Waals surface area contributed by atoms with E-state index in [0.29, 0.717) is 24.0 Å². The van der Waals surface area contributed by atoms with E-state index in [-0.39, 0.29) is 23.2 Å². The predicted octanol–water partition coefficient (Wildman–Crippen LogP) is 7.54. The van der Waals surface area contributed by atoms with Crippen molar-refractivity contribution < 1.29 is 23.0 Å². The van der Waals surface area contributed by atoms with E-state index in [1.54, 1.807) is 24.3 Å². The monoisotopic (exact) mass is 874 g/mol. The summed E-state index contributed by atoms with van der Waals surface area (Å²) in [6, 6.07) is 22.0. The van der Waals surface area contributed by atoms with Crippen molar-refractivity contribution in [1.82, 2.24) is 10.2 Å². The van der Waals surface area contributed by atoms with Gasteiger partial charge in [0.05, 0.1) is 31.9 Å². The fourth-order valence-corrected chi connectivity index (χ4v) is 7.99. The molecule has 0 atom stereocenters. The second kappa shape index (κ2) is 24.0. The molecule has 3 aromatic carbocycles. The molecule has 1 N–H and O–H groups in total. The van der Waals surface area contributed by atoms with Crippen molar-refractivity contribution in [2.75, 3.05) is 82.4 Å². The number of aromatic nitrogens is 1. The van der Waals surface area contributed by atoms with Crippen LogP contribution in [-0.2, 0) is 0 Å². The number of nitrogens with one attached hydrogen (secondary N) is 1. The molecule has 11 heteroatoms. The van der Waals surface area contributed by atoms with Crippen LogP contribution < -0.4 is 19.9 Å². The van der Waals surface area contributed by atoms with Crippen LogP contribution in [0.5, 0.6) is 0 Å². The largest absolute Gasteiger partial charge is 0.368 e. The quantitative estimate of drug-likeness (QED) is 0.0611. The van der Waals surface area contributed by atoms with Crippen molar-refractivity contribution in [3.05, 3.63) is 154 Å². The van der Waals surface area contributed by atoms with Crippen LogP contribution in [-0.4, -0.2) is 101 Å². The van der Waals surface area contributed by atoms with Gasteiger partial charge in [-0.05, 0) is 123 Å². The number of anilines is 1. The molecule has 0 saturated carbocycles. The molecule has 0 aliphatic carbocycles. The molecule has 334 valence electrons. The minimum Gasteiger partial charge on any atom is -0.368 e. The molecule has 5 heterocycles. The number of unbranched alkanes of at least 4 members (excludes halogenated alkanes) is 2. The molecule has 4 aromatic rings. The molecule has 9 nitrogen and oxygen atoms in total. The molecule has 65 heavy (non-hydrogen) atoms. The fraction of sp³-hybridized carbons (Fsp3) is 0.352. The van der Waals surface area contributed by atoms with Crippen molar-refractivity contribution in [3.8, 4) is 23.7 Å². The highest BCUT2D eigenvalue weighted by Crippen LogP contribution is 2.24. The first-order valence-electron chi connectivity index (χ1n) is 22.9. The summed E-state index contributed by atoms with van der Waals surface area (Å²) >= 11 is 0. The van der Waals surface area contributed by atoms with E-state index < -0.39 is 0 Å². The third-order valence-electron chi connectivity index (χ3n) is 11.9. The van der Waals surface area contributed by atoms with E-state index in [1.165, 1.54) is 35.4 Å². The Kier molecular flexibility index (Phi) is 17.1. The Morgan fingerprint density at radius 3 is 1.75 bits per heavy atom. The van der Waals surface area contributed by atoms with Gasteiger partial charge in [-0.25, -0.2) is 8.78 Å². The number of rotatable bonds is 14. The summed E-state index contributed by atoms with van der Waals surface area (Å²) in [5, 5.41) is 5.62. The molecule has 0 bridgehead atoms. The first-order valence-corrected chi connectivity index (χ1v) is 22.9. The number of ketones is 2. The van der Waals surface area contributed by atoms with Gasteiger partial charge in [-0.3, -0.25) is 19.6 Å². The van der Waals surface area contributed by atoms with E-state index in [2.05, 4.69) is 73.0 Å². The van der Waals surface area contributed by atoms with Crippen molar-refractivity contribution in [2.45, 2.75) is 51.4 Å². The van der Waals surface area contributed by atoms with E-state index in [9.17, 15) is 18.4 Å². The minimum absolute atomic E-state index is 0.138. The van der Waals surface area contributed by atoms with Crippen LogP contribution in [0.15, 0.2) is 118 Å². The summed E-state index contributed by atoms with van der Waals surface area (Å²) in [4.78, 5) is 38.7. The zero-order chi connectivity index (χ0) is 45.2. The summed E-state index contributed by atoms with van der Waals surface area (Å²) in [7, 11) is 2.12. The average molecular weight is 875 g/mol. The van der Waals surface area contributed by atoms with Crippen LogP contribution in [0.25, 0.3) is 0 Å². The molecule has 0 radical (unpaired) electrons. The standard InChI is InChI=1S/C27H30FN4O.C27H28FN3O/c1-30-16-18-31(19-17-30)32-15-13-24(27(33)5-3-2-4-23-12-14-29-21-23)20-26(32)11-8-22-6-9-25(28)10-7-22;28-25-10-6-21(7-11-25)5-8-23-19-24(9-12-26(23)31-17-15-29-16-18-31)27(32)4-2-1-3-22-13-14-30-20-22/h6-7,9-10,12-13,15,20-21H,2-5,14,16-19H2,1H3;6-7,9-13,19-20,29H,1-4,14-18H2/q+1;. The van der Waals surface area contributed by atoms with Crippen LogP contribution in [0.1, 0.15) is 94.5 Å². The summed E-state index contributed by atoms with van der Waals surface area (Å²) in [5.74, 6) is 12.4. The Morgan fingerprint density at radius 2 is 1.20 bits per heavy atom. The molecule has 2 fully saturated rings. The van der Waals surface area contributed by atoms with E-state index in [0.717, 1.165) is 132 Å². The number of carbonyl (C=O) groups is 2. The number of piperazine rings is 2. The Labute approximate surface area is 382 Å². The lowest BCUT2D eigenvalue weighted by Crippen LogP contribution is -2.65. The van der Waals surface area contributed by atoms with Crippen LogP contribution in [0.3, 0.4) is 0 Å². The number of carbonyl (C=O) groups excluding carboxylic acids is 2. The number of pyridine rings is 1. The molecule has 1 aromatic heterocycles. The summed E-state index contributed by atoms with van der Waals surface area (Å²) in [6.45, 7) is 8.94. The Bertz CT molecular complexity index is 2530. The number of allylic oxidation sites excluding steroid dienone is 2. The average Bonchev–Trinajstić information content (AvgIpc) is 4.08. The highest BCUT2D eigenvalue weighted by molar-refractivity contribution is 5.97. The molecule has 4 aliphatic heterocycles. The van der Waals surface area contributed by atoms with Crippen molar-refractivity contribution in [1.29, 1.82) is 0 Å². The number of likely N-dealkylation sites (N-methyl/N-ethyl adjacent to an activating group) is 1. The van der Waals surface area contributed by atoms with E-state index in [4.69, 9.17) is 0 Å². The predicted molar refractivity (Wildman–Crippen MR) is 257 cm³/mol. The van der Waals surface area contributed by atoms with Crippen LogP contribution >= 0.6 is 0 Å². The third kappa shape index (κ3) is 14.2. The molecule has 4 aliphatic rings. The van der Waals surface area contributed by atoms with Gasteiger partial charge < -0.3 is 15.1 Å². The maximum atomic E-state index is 13.2. The number of halogens is 2. The normalized spacial score (nSPS) is 15.6. The Morgan fingerprint density at radius 1 is 0.646 bits per heavy atom. The SMILES string of the molecule is CN1CCN([n+]2ccc(C(=O)CCCCC3=CCN=C3)cc2C#Cc2ccc(F)cc2)CC1.O=C(CCCCC1=CCN=C1)c1ccc(N2CCNCC2)c(C#Cc2ccc(F)cc2)c1. The van der Waals surface area contributed by atoms with Crippen LogP contribution in [0.2, 0.25) is 0 Å². The maximum absolute atomic E-state index is 13.2. The summed E-state index contributed by atoms with van der Waals surface area (Å²) < 4.78 is 28.5. The number of Topliss-reactive ketones (excluding diaryl/α,β-unsaturated/α-hetero) is 2. The highest BCUT2D eigenvalue weighted by Gasteiger charge is 2.24. The van der Waals surface area contributed by atoms with Crippen molar-refractivity contribution >= 4 is 29.7 Å². The topological polar surface area (TPSA) is 84.5 Å². The van der Waals surface area contributed by atoms with Crippen molar-refractivity contribution in [2.24, 2.45) is 9.98 Å². The molecule has 0 unspecified atom stereocenters. The number of aliphatic imine (C=N–C) groups is 2. The van der Waals surface area contributed by atoms with Gasteiger partial charge in [0.2, 0.25) is 6.20 Å². The number of hydrogen-bond acceptors (Lipinski definition) is 8. The first-order chi connectivity index (χ1) is 31.8. The van der Waals surface area contributed by atoms with Crippen LogP contribution in [0.4, 0.5) is 14.5 Å². The number of hydrogen-bond donors (Lipinski definition) is 1. The van der Waals surface area contributed by atoms with Gasteiger partial charge in [0, 0.05) is 110 Å². The zero-order valence-corrected chi connectivity index (χ0v) is 37.4. The molecule has 2 saturated heterocycles. The van der Waals surface area contributed by atoms with Gasteiger partial charge in [-0.15, -0.1) is 0 Å². The van der Waals surface area contributed by atoms with Gasteiger partial charge in [0.25, 0.3) is 5.69 Å². The maximum Gasteiger partial charge on any atom is 0.287 e. The second-order valence-electron chi connectivity index (χ2n) is 16.7. The Hall–Kier alpha value is -6.53. The van der Waals surface area contributed by atoms with Gasteiger partial charge in [0.15, 0.2) is 11.6 Å². The lowest BCUT2D eigenvalue weighted by atomic mass is 9.99. The fourth-order valence-electron chi connectivity index (χ4n) is 7.99. The summed E-state index contributed by atoms with van der Waals surface area (Å²) in [6.07, 6.45) is 16.8. The second-order valence-corrected chi connectivity index (χ2v) is 16.7. The third-order valence-corrected chi connectivity index (χ3v) is 11.9.